The first-order valence-corrected chi connectivity index (χ1v) is 14.3. The number of ether oxygens (including phenoxy) is 1. The van der Waals surface area contributed by atoms with E-state index in [2.05, 4.69) is 38.7 Å². The van der Waals surface area contributed by atoms with Crippen LogP contribution in [0.3, 0.4) is 0 Å². The molecule has 0 aromatic carbocycles. The fraction of sp³-hybridized carbons (Fsp3) is 0.867. The van der Waals surface area contributed by atoms with Gasteiger partial charge >= 0.3 is 0 Å². The molecule has 34 heavy (non-hydrogen) atoms. The van der Waals surface area contributed by atoms with Gasteiger partial charge in [-0.25, -0.2) is 0 Å². The molecule has 4 aliphatic carbocycles. The lowest BCUT2D eigenvalue weighted by molar-refractivity contribution is -0.0798. The molecule has 4 heteroatoms. The van der Waals surface area contributed by atoms with E-state index >= 15 is 0 Å². The maximum atomic E-state index is 10.3. The molecule has 2 saturated heterocycles. The van der Waals surface area contributed by atoms with Crippen LogP contribution in [0, 0.1) is 35.0 Å². The van der Waals surface area contributed by atoms with Gasteiger partial charge in [-0.3, -0.25) is 4.90 Å². The molecular formula is C30H47NO3. The molecule has 2 N–H and O–H groups in total. The van der Waals surface area contributed by atoms with Crippen LogP contribution in [0.25, 0.3) is 0 Å². The second kappa shape index (κ2) is 8.43. The number of allylic oxidation sites excluding steroid dienone is 2. The summed E-state index contributed by atoms with van der Waals surface area (Å²) in [5, 5.41) is 20.0. The number of rotatable bonds is 2. The molecule has 0 radical (unpaired) electrons. The molecule has 2 heterocycles. The molecule has 0 aromatic heterocycles. The van der Waals surface area contributed by atoms with E-state index in [-0.39, 0.29) is 18.3 Å². The van der Waals surface area contributed by atoms with E-state index in [1.807, 2.05) is 0 Å². The lowest BCUT2D eigenvalue weighted by atomic mass is 9.56. The van der Waals surface area contributed by atoms with Gasteiger partial charge in [-0.05, 0) is 93.8 Å². The van der Waals surface area contributed by atoms with Gasteiger partial charge < -0.3 is 14.9 Å². The van der Waals surface area contributed by atoms with Gasteiger partial charge in [-0.15, -0.1) is 0 Å². The molecule has 0 aromatic rings. The van der Waals surface area contributed by atoms with Gasteiger partial charge in [0.2, 0.25) is 0 Å². The Hall–Kier alpha value is -0.680. The monoisotopic (exact) mass is 469 g/mol. The zero-order valence-electron chi connectivity index (χ0n) is 21.9. The number of piperidine rings is 1. The van der Waals surface area contributed by atoms with Gasteiger partial charge in [-0.1, -0.05) is 43.6 Å². The first-order chi connectivity index (χ1) is 16.3. The van der Waals surface area contributed by atoms with Crippen LogP contribution in [0.1, 0.15) is 85.5 Å². The Morgan fingerprint density at radius 1 is 1.18 bits per heavy atom. The van der Waals surface area contributed by atoms with Gasteiger partial charge in [0.1, 0.15) is 0 Å². The summed E-state index contributed by atoms with van der Waals surface area (Å²) in [7, 11) is 0. The quantitative estimate of drug-likeness (QED) is 0.553. The van der Waals surface area contributed by atoms with Crippen molar-refractivity contribution in [1.82, 2.24) is 4.90 Å². The fourth-order valence-corrected chi connectivity index (χ4v) is 9.97. The van der Waals surface area contributed by atoms with Crippen LogP contribution in [0.4, 0.5) is 0 Å². The fourth-order valence-electron chi connectivity index (χ4n) is 9.97. The van der Waals surface area contributed by atoms with Crippen molar-refractivity contribution in [3.05, 3.63) is 22.8 Å². The molecule has 2 saturated carbocycles. The molecule has 1 spiro atoms. The van der Waals surface area contributed by atoms with Crippen molar-refractivity contribution >= 4 is 0 Å². The van der Waals surface area contributed by atoms with Gasteiger partial charge in [0, 0.05) is 25.0 Å². The van der Waals surface area contributed by atoms with Crippen LogP contribution in [0.2, 0.25) is 0 Å². The summed E-state index contributed by atoms with van der Waals surface area (Å²) >= 11 is 0. The third-order valence-corrected chi connectivity index (χ3v) is 11.7. The summed E-state index contributed by atoms with van der Waals surface area (Å²) in [6, 6.07) is 0.458. The Labute approximate surface area is 206 Å². The highest BCUT2D eigenvalue weighted by Gasteiger charge is 2.59. The Bertz CT molecular complexity index is 880. The minimum Gasteiger partial charge on any atom is -0.395 e. The molecule has 0 amide bonds. The van der Waals surface area contributed by atoms with Crippen LogP contribution in [-0.2, 0) is 4.74 Å². The highest BCUT2D eigenvalue weighted by atomic mass is 16.5. The number of aliphatic hydroxyl groups is 2. The first-order valence-electron chi connectivity index (χ1n) is 14.3. The summed E-state index contributed by atoms with van der Waals surface area (Å²) < 4.78 is 7.13. The summed E-state index contributed by atoms with van der Waals surface area (Å²) in [6.45, 7) is 11.9. The molecule has 0 bridgehead atoms. The third kappa shape index (κ3) is 3.45. The third-order valence-electron chi connectivity index (χ3n) is 11.7. The Kier molecular flexibility index (Phi) is 5.88. The summed E-state index contributed by atoms with van der Waals surface area (Å²) in [6.07, 6.45) is 13.0. The normalized spacial score (nSPS) is 50.9. The molecule has 10 atom stereocenters. The lowest BCUT2D eigenvalue weighted by Crippen LogP contribution is -2.52. The SMILES string of the molecule is CC1=C2C[C@H]3C(CC=C4C[C@@H](O)CCC43C)[C@@H]2CCC2(C1)O[C@@H]1C[C@H](C)CN(CCO)[C@H]1[C@H]2C. The number of hydrogen-bond donors (Lipinski definition) is 2. The molecule has 190 valence electrons. The number of likely N-dealkylation sites (tertiary alicyclic amines) is 1. The van der Waals surface area contributed by atoms with Crippen LogP contribution >= 0.6 is 0 Å². The van der Waals surface area contributed by atoms with E-state index in [1.165, 1.54) is 32.1 Å². The number of fused-ring (bicyclic) bond motifs is 6. The van der Waals surface area contributed by atoms with Gasteiger partial charge in [0.25, 0.3) is 0 Å². The Morgan fingerprint density at radius 3 is 2.79 bits per heavy atom. The van der Waals surface area contributed by atoms with Crippen molar-refractivity contribution in [1.29, 1.82) is 0 Å². The van der Waals surface area contributed by atoms with E-state index in [4.69, 9.17) is 4.74 Å². The Balaban J connectivity index is 1.27. The van der Waals surface area contributed by atoms with Crippen molar-refractivity contribution in [3.8, 4) is 0 Å². The number of aliphatic hydroxyl groups excluding tert-OH is 2. The second-order valence-electron chi connectivity index (χ2n) is 13.4. The van der Waals surface area contributed by atoms with Crippen molar-refractivity contribution < 1.29 is 14.9 Å². The average molecular weight is 470 g/mol. The number of nitrogens with zero attached hydrogens (tertiary/aromatic N) is 1. The van der Waals surface area contributed by atoms with Crippen molar-refractivity contribution in [2.75, 3.05) is 19.7 Å². The van der Waals surface area contributed by atoms with Crippen LogP contribution in [0.5, 0.6) is 0 Å². The smallest absolute Gasteiger partial charge is 0.0765 e. The van der Waals surface area contributed by atoms with Crippen molar-refractivity contribution in [2.24, 2.45) is 35.0 Å². The molecule has 3 unspecified atom stereocenters. The summed E-state index contributed by atoms with van der Waals surface area (Å²) in [5.74, 6) is 3.40. The predicted molar refractivity (Wildman–Crippen MR) is 135 cm³/mol. The lowest BCUT2D eigenvalue weighted by Gasteiger charge is -2.49. The molecule has 6 aliphatic rings. The maximum Gasteiger partial charge on any atom is 0.0765 e. The highest BCUT2D eigenvalue weighted by molar-refractivity contribution is 5.34. The first kappa shape index (κ1) is 23.7. The molecular weight excluding hydrogens is 422 g/mol. The maximum absolute atomic E-state index is 10.3. The highest BCUT2D eigenvalue weighted by Crippen LogP contribution is 2.63. The molecule has 4 nitrogen and oxygen atoms in total. The van der Waals surface area contributed by atoms with Crippen LogP contribution in [-0.4, -0.2) is 58.7 Å². The number of β-amino-alcohol motifs (C(OH)–C–C–N with tert-alkyl or cyclic N) is 1. The minimum atomic E-state index is -0.124. The topological polar surface area (TPSA) is 52.9 Å². The minimum absolute atomic E-state index is 0.0292. The standard InChI is InChI=1S/C30H47NO3/c1-18-13-27-28(31(17-18)11-12-32)20(3)30(34-27)10-8-23-24-6-5-21-14-22(33)7-9-29(21,4)26(24)15-25(23)19(2)16-30/h5,18,20,22-24,26-28,32-33H,6-17H2,1-4H3/t18-,20+,22-,23-,24?,26-,27+,28-,29?,30?/m0/s1. The van der Waals surface area contributed by atoms with Gasteiger partial charge in [-0.2, -0.15) is 0 Å². The average Bonchev–Trinajstić information content (AvgIpc) is 3.25. The largest absolute Gasteiger partial charge is 0.395 e. The van der Waals surface area contributed by atoms with Gasteiger partial charge in [0.15, 0.2) is 0 Å². The van der Waals surface area contributed by atoms with Crippen LogP contribution < -0.4 is 0 Å². The van der Waals surface area contributed by atoms with E-state index in [0.717, 1.165) is 56.5 Å². The molecule has 4 fully saturated rings. The van der Waals surface area contributed by atoms with E-state index < -0.39 is 0 Å². The summed E-state index contributed by atoms with van der Waals surface area (Å²) in [4.78, 5) is 2.55. The van der Waals surface area contributed by atoms with E-state index in [9.17, 15) is 10.2 Å². The zero-order chi connectivity index (χ0) is 23.8. The molecule has 6 rings (SSSR count). The second-order valence-corrected chi connectivity index (χ2v) is 13.4. The van der Waals surface area contributed by atoms with Crippen molar-refractivity contribution in [2.45, 2.75) is 109 Å². The summed E-state index contributed by atoms with van der Waals surface area (Å²) in [5.41, 5.74) is 5.24. The van der Waals surface area contributed by atoms with E-state index in [1.54, 1.807) is 16.7 Å². The van der Waals surface area contributed by atoms with Crippen LogP contribution in [0.15, 0.2) is 22.8 Å². The van der Waals surface area contributed by atoms with Gasteiger partial charge in [0.05, 0.1) is 24.4 Å². The zero-order valence-corrected chi connectivity index (χ0v) is 21.9. The van der Waals surface area contributed by atoms with E-state index in [0.29, 0.717) is 29.4 Å². The molecule has 2 aliphatic heterocycles. The Morgan fingerprint density at radius 2 is 2.00 bits per heavy atom. The predicted octanol–water partition coefficient (Wildman–Crippen LogP) is 5.10. The van der Waals surface area contributed by atoms with Crippen molar-refractivity contribution in [3.63, 3.8) is 0 Å². The number of hydrogen-bond acceptors (Lipinski definition) is 4.